The largest absolute Gasteiger partial charge is 0.480 e. The Bertz CT molecular complexity index is 219. The van der Waals surface area contributed by atoms with Gasteiger partial charge in [-0.05, 0) is 12.8 Å². The lowest BCUT2D eigenvalue weighted by atomic mass is 9.99. The summed E-state index contributed by atoms with van der Waals surface area (Å²) in [5, 5.41) is 8.53. The molecule has 1 N–H and O–H groups in total. The summed E-state index contributed by atoms with van der Waals surface area (Å²) in [7, 11) is 0. The van der Waals surface area contributed by atoms with Crippen LogP contribution in [0.3, 0.4) is 0 Å². The van der Waals surface area contributed by atoms with Crippen molar-refractivity contribution in [3.05, 3.63) is 0 Å². The van der Waals surface area contributed by atoms with Crippen molar-refractivity contribution in [3.63, 3.8) is 0 Å². The first-order chi connectivity index (χ1) is 6.15. The third-order valence-corrected chi connectivity index (χ3v) is 2.63. The van der Waals surface area contributed by atoms with E-state index in [2.05, 4.69) is 12.6 Å². The Morgan fingerprint density at radius 3 is 2.92 bits per heavy atom. The molecular formula is C8H13NO3S. The van der Waals surface area contributed by atoms with E-state index in [9.17, 15) is 9.59 Å². The Balaban J connectivity index is 2.54. The van der Waals surface area contributed by atoms with E-state index in [-0.39, 0.29) is 18.4 Å². The number of nitrogens with zero attached hydrogens (tertiary/aromatic N) is 1. The zero-order valence-electron chi connectivity index (χ0n) is 7.27. The van der Waals surface area contributed by atoms with E-state index in [1.165, 1.54) is 4.90 Å². The number of amides is 1. The minimum Gasteiger partial charge on any atom is -0.480 e. The molecule has 0 aromatic carbocycles. The van der Waals surface area contributed by atoms with Gasteiger partial charge in [-0.3, -0.25) is 9.59 Å². The highest BCUT2D eigenvalue weighted by molar-refractivity contribution is 7.80. The first kappa shape index (κ1) is 10.4. The van der Waals surface area contributed by atoms with E-state index >= 15 is 0 Å². The second-order valence-corrected chi connectivity index (χ2v) is 3.54. The van der Waals surface area contributed by atoms with Crippen LogP contribution >= 0.6 is 12.6 Å². The molecule has 1 aliphatic rings. The second-order valence-electron chi connectivity index (χ2n) is 3.18. The summed E-state index contributed by atoms with van der Waals surface area (Å²) in [5.74, 6) is -0.595. The van der Waals surface area contributed by atoms with Gasteiger partial charge in [0.05, 0.1) is 0 Å². The van der Waals surface area contributed by atoms with Gasteiger partial charge in [0.25, 0.3) is 0 Å². The number of piperidine rings is 1. The minimum absolute atomic E-state index is 0.0661. The number of hydrogen-bond donors (Lipinski definition) is 2. The van der Waals surface area contributed by atoms with Gasteiger partial charge in [-0.15, -0.1) is 0 Å². The molecule has 0 saturated carbocycles. The third kappa shape index (κ3) is 2.62. The third-order valence-electron chi connectivity index (χ3n) is 2.19. The van der Waals surface area contributed by atoms with Crippen molar-refractivity contribution in [2.45, 2.75) is 12.8 Å². The molecule has 0 bridgehead atoms. The molecule has 0 aliphatic carbocycles. The molecule has 1 saturated heterocycles. The molecule has 1 heterocycles. The summed E-state index contributed by atoms with van der Waals surface area (Å²) in [6.07, 6.45) is 1.71. The highest BCUT2D eigenvalue weighted by atomic mass is 32.1. The first-order valence-electron chi connectivity index (χ1n) is 4.26. The lowest BCUT2D eigenvalue weighted by Gasteiger charge is -2.30. The quantitative estimate of drug-likeness (QED) is 0.646. The van der Waals surface area contributed by atoms with E-state index < -0.39 is 5.97 Å². The molecule has 0 spiro atoms. The fourth-order valence-corrected chi connectivity index (χ4v) is 1.85. The maximum absolute atomic E-state index is 11.5. The summed E-state index contributed by atoms with van der Waals surface area (Å²) in [4.78, 5) is 23.3. The zero-order valence-corrected chi connectivity index (χ0v) is 8.17. The molecule has 0 aromatic rings. The van der Waals surface area contributed by atoms with Crippen molar-refractivity contribution in [3.8, 4) is 0 Å². The average molecular weight is 203 g/mol. The van der Waals surface area contributed by atoms with Crippen LogP contribution in [0.25, 0.3) is 0 Å². The topological polar surface area (TPSA) is 57.6 Å². The molecule has 1 rings (SSSR count). The van der Waals surface area contributed by atoms with Gasteiger partial charge in [-0.2, -0.15) is 12.6 Å². The molecule has 0 aromatic heterocycles. The smallest absolute Gasteiger partial charge is 0.323 e. The van der Waals surface area contributed by atoms with Crippen LogP contribution in [-0.4, -0.2) is 40.7 Å². The molecule has 74 valence electrons. The van der Waals surface area contributed by atoms with Crippen molar-refractivity contribution < 1.29 is 14.7 Å². The van der Waals surface area contributed by atoms with Crippen LogP contribution in [0.15, 0.2) is 0 Å². The Labute approximate surface area is 82.3 Å². The van der Waals surface area contributed by atoms with Crippen LogP contribution in [0.4, 0.5) is 0 Å². The minimum atomic E-state index is -0.951. The second kappa shape index (κ2) is 4.50. The summed E-state index contributed by atoms with van der Waals surface area (Å²) >= 11 is 4.06. The highest BCUT2D eigenvalue weighted by Crippen LogP contribution is 2.18. The van der Waals surface area contributed by atoms with Crippen molar-refractivity contribution in [2.24, 2.45) is 5.92 Å². The zero-order chi connectivity index (χ0) is 9.84. The van der Waals surface area contributed by atoms with E-state index in [1.807, 2.05) is 0 Å². The van der Waals surface area contributed by atoms with Crippen molar-refractivity contribution in [1.82, 2.24) is 4.90 Å². The van der Waals surface area contributed by atoms with Crippen LogP contribution < -0.4 is 0 Å². The van der Waals surface area contributed by atoms with E-state index in [1.54, 1.807) is 0 Å². The van der Waals surface area contributed by atoms with Gasteiger partial charge in [0.1, 0.15) is 6.54 Å². The lowest BCUT2D eigenvalue weighted by Crippen LogP contribution is -2.44. The Morgan fingerprint density at radius 1 is 1.69 bits per heavy atom. The van der Waals surface area contributed by atoms with Gasteiger partial charge in [0, 0.05) is 18.2 Å². The van der Waals surface area contributed by atoms with Crippen LogP contribution in [0.5, 0.6) is 0 Å². The molecule has 1 atom stereocenters. The fourth-order valence-electron chi connectivity index (χ4n) is 1.51. The van der Waals surface area contributed by atoms with Gasteiger partial charge in [-0.1, -0.05) is 0 Å². The molecule has 4 nitrogen and oxygen atoms in total. The Morgan fingerprint density at radius 2 is 2.38 bits per heavy atom. The van der Waals surface area contributed by atoms with Crippen molar-refractivity contribution >= 4 is 24.5 Å². The molecule has 1 amide bonds. The number of carboxylic acids is 1. The number of thiol groups is 1. The number of carbonyl (C=O) groups excluding carboxylic acids is 1. The van der Waals surface area contributed by atoms with E-state index in [0.717, 1.165) is 12.8 Å². The summed E-state index contributed by atoms with van der Waals surface area (Å²) in [5.41, 5.74) is 0. The fraction of sp³-hybridized carbons (Fsp3) is 0.750. The lowest BCUT2D eigenvalue weighted by molar-refractivity contribution is -0.147. The summed E-state index contributed by atoms with van der Waals surface area (Å²) in [6, 6.07) is 0. The van der Waals surface area contributed by atoms with Crippen LogP contribution in [0, 0.1) is 5.92 Å². The number of likely N-dealkylation sites (tertiary alicyclic amines) is 1. The first-order valence-corrected chi connectivity index (χ1v) is 4.90. The molecule has 1 fully saturated rings. The van der Waals surface area contributed by atoms with E-state index in [0.29, 0.717) is 12.3 Å². The number of rotatable bonds is 3. The van der Waals surface area contributed by atoms with E-state index in [4.69, 9.17) is 5.11 Å². The standard InChI is InChI=1S/C8H13NO3S/c10-7(11)4-9-3-1-2-6(5-13)8(9)12/h6,13H,1-5H2,(H,10,11)/t6-/m0/s1. The average Bonchev–Trinajstić information content (AvgIpc) is 2.08. The van der Waals surface area contributed by atoms with Crippen molar-refractivity contribution in [1.29, 1.82) is 0 Å². The normalized spacial score (nSPS) is 23.3. The molecule has 0 unspecified atom stereocenters. The molecule has 13 heavy (non-hydrogen) atoms. The Kier molecular flexibility index (Phi) is 3.59. The SMILES string of the molecule is O=C(O)CN1CCC[C@@H](CS)C1=O. The van der Waals surface area contributed by atoms with Gasteiger partial charge < -0.3 is 10.0 Å². The molecule has 1 aliphatic heterocycles. The van der Waals surface area contributed by atoms with Gasteiger partial charge in [0.15, 0.2) is 0 Å². The van der Waals surface area contributed by atoms with Crippen LogP contribution in [-0.2, 0) is 9.59 Å². The number of carboxylic acid groups (broad SMARTS) is 1. The molecular weight excluding hydrogens is 190 g/mol. The maximum atomic E-state index is 11.5. The van der Waals surface area contributed by atoms with Crippen molar-refractivity contribution in [2.75, 3.05) is 18.8 Å². The monoisotopic (exact) mass is 203 g/mol. The summed E-state index contributed by atoms with van der Waals surface area (Å²) in [6.45, 7) is 0.387. The number of hydrogen-bond acceptors (Lipinski definition) is 3. The number of carbonyl (C=O) groups is 2. The van der Waals surface area contributed by atoms with Crippen LogP contribution in [0.1, 0.15) is 12.8 Å². The molecule has 5 heteroatoms. The maximum Gasteiger partial charge on any atom is 0.323 e. The highest BCUT2D eigenvalue weighted by Gasteiger charge is 2.28. The van der Waals surface area contributed by atoms with Gasteiger partial charge in [0.2, 0.25) is 5.91 Å². The summed E-state index contributed by atoms with van der Waals surface area (Å²) < 4.78 is 0. The van der Waals surface area contributed by atoms with Gasteiger partial charge in [-0.25, -0.2) is 0 Å². The predicted octanol–water partition coefficient (Wildman–Crippen LogP) is 0.239. The Hall–Kier alpha value is -0.710. The molecule has 0 radical (unpaired) electrons. The predicted molar refractivity (Wildman–Crippen MR) is 50.8 cm³/mol. The number of aliphatic carboxylic acids is 1. The van der Waals surface area contributed by atoms with Gasteiger partial charge >= 0.3 is 5.97 Å². The van der Waals surface area contributed by atoms with Crippen LogP contribution in [0.2, 0.25) is 0 Å².